The highest BCUT2D eigenvalue weighted by molar-refractivity contribution is 9.10. The zero-order chi connectivity index (χ0) is 17.4. The van der Waals surface area contributed by atoms with Gasteiger partial charge in [0.15, 0.2) is 11.5 Å². The van der Waals surface area contributed by atoms with Crippen molar-refractivity contribution in [3.63, 3.8) is 0 Å². The molecule has 4 rings (SSSR count). The van der Waals surface area contributed by atoms with Crippen LogP contribution in [0.2, 0.25) is 0 Å². The van der Waals surface area contributed by atoms with Crippen LogP contribution in [0.15, 0.2) is 57.8 Å². The molecule has 0 saturated carbocycles. The number of hydrogen-bond acceptors (Lipinski definition) is 4. The number of aromatic nitrogens is 1. The summed E-state index contributed by atoms with van der Waals surface area (Å²) < 4.78 is 11.6. The molecular weight excluding hydrogens is 384 g/mol. The molecule has 0 radical (unpaired) electrons. The van der Waals surface area contributed by atoms with Crippen molar-refractivity contribution in [2.24, 2.45) is 0 Å². The van der Waals surface area contributed by atoms with Gasteiger partial charge in [-0.25, -0.2) is 0 Å². The van der Waals surface area contributed by atoms with Gasteiger partial charge in [0, 0.05) is 15.7 Å². The highest BCUT2D eigenvalue weighted by Gasteiger charge is 2.17. The van der Waals surface area contributed by atoms with E-state index in [1.807, 2.05) is 36.4 Å². The summed E-state index contributed by atoms with van der Waals surface area (Å²) in [6, 6.07) is 16.8. The second-order valence-electron chi connectivity index (χ2n) is 5.49. The molecule has 5 nitrogen and oxygen atoms in total. The third-order valence-corrected chi connectivity index (χ3v) is 4.46. The van der Waals surface area contributed by atoms with Crippen molar-refractivity contribution in [3.05, 3.63) is 68.9 Å². The number of hydrogen-bond donors (Lipinski definition) is 1. The lowest BCUT2D eigenvalue weighted by molar-refractivity contribution is 0.174. The first-order valence-electron chi connectivity index (χ1n) is 7.49. The first-order chi connectivity index (χ1) is 12.2. The molecule has 0 atom stereocenters. The van der Waals surface area contributed by atoms with Crippen LogP contribution in [0.5, 0.6) is 11.5 Å². The van der Waals surface area contributed by atoms with Crippen LogP contribution in [0, 0.1) is 11.3 Å². The Morgan fingerprint density at radius 2 is 1.88 bits per heavy atom. The summed E-state index contributed by atoms with van der Waals surface area (Å²) in [7, 11) is 0. The van der Waals surface area contributed by atoms with Gasteiger partial charge in [0.1, 0.15) is 11.6 Å². The quantitative estimate of drug-likeness (QED) is 0.710. The van der Waals surface area contributed by atoms with Crippen molar-refractivity contribution in [3.8, 4) is 40.0 Å². The third-order valence-electron chi connectivity index (χ3n) is 3.96. The molecule has 0 spiro atoms. The van der Waals surface area contributed by atoms with E-state index in [4.69, 9.17) is 9.47 Å². The summed E-state index contributed by atoms with van der Waals surface area (Å²) in [5.74, 6) is 1.25. The van der Waals surface area contributed by atoms with E-state index >= 15 is 0 Å². The van der Waals surface area contributed by atoms with Gasteiger partial charge in [0.05, 0.1) is 0 Å². The van der Waals surface area contributed by atoms with Crippen LogP contribution < -0.4 is 15.0 Å². The predicted octanol–water partition coefficient (Wildman–Crippen LogP) is 4.07. The van der Waals surface area contributed by atoms with E-state index in [0.29, 0.717) is 22.8 Å². The molecule has 0 fully saturated rings. The topological polar surface area (TPSA) is 75.1 Å². The Kier molecular flexibility index (Phi) is 3.79. The second kappa shape index (κ2) is 6.11. The van der Waals surface area contributed by atoms with Crippen LogP contribution in [0.3, 0.4) is 0 Å². The number of halogens is 1. The van der Waals surface area contributed by atoms with Crippen LogP contribution in [0.1, 0.15) is 5.56 Å². The van der Waals surface area contributed by atoms with Crippen molar-refractivity contribution in [1.29, 1.82) is 5.26 Å². The van der Waals surface area contributed by atoms with Crippen LogP contribution in [-0.4, -0.2) is 11.8 Å². The van der Waals surface area contributed by atoms with E-state index < -0.39 is 5.56 Å². The van der Waals surface area contributed by atoms with E-state index in [9.17, 15) is 10.1 Å². The van der Waals surface area contributed by atoms with Crippen LogP contribution in [-0.2, 0) is 0 Å². The fourth-order valence-electron chi connectivity index (χ4n) is 2.77. The summed E-state index contributed by atoms with van der Waals surface area (Å²) in [6.07, 6.45) is 0. The maximum atomic E-state index is 12.4. The number of ether oxygens (including phenoxy) is 2. The van der Waals surface area contributed by atoms with Gasteiger partial charge in [0.2, 0.25) is 6.79 Å². The largest absolute Gasteiger partial charge is 0.454 e. The van der Waals surface area contributed by atoms with Gasteiger partial charge in [-0.1, -0.05) is 34.1 Å². The van der Waals surface area contributed by atoms with Gasteiger partial charge < -0.3 is 14.5 Å². The molecule has 0 amide bonds. The molecule has 2 aromatic carbocycles. The van der Waals surface area contributed by atoms with Crippen molar-refractivity contribution in [1.82, 2.24) is 4.98 Å². The highest BCUT2D eigenvalue weighted by Crippen LogP contribution is 2.37. The van der Waals surface area contributed by atoms with E-state index in [0.717, 1.165) is 15.6 Å². The molecule has 6 heteroatoms. The molecule has 1 N–H and O–H groups in total. The zero-order valence-corrected chi connectivity index (χ0v) is 14.5. The average Bonchev–Trinajstić information content (AvgIpc) is 3.08. The monoisotopic (exact) mass is 394 g/mol. The number of nitrogens with zero attached hydrogens (tertiary/aromatic N) is 1. The zero-order valence-electron chi connectivity index (χ0n) is 12.9. The number of rotatable bonds is 2. The Hall–Kier alpha value is -3.04. The molecular formula is C19H11BrN2O3. The highest BCUT2D eigenvalue weighted by atomic mass is 79.9. The van der Waals surface area contributed by atoms with Crippen molar-refractivity contribution in [2.45, 2.75) is 0 Å². The maximum Gasteiger partial charge on any atom is 0.266 e. The Balaban J connectivity index is 1.92. The Morgan fingerprint density at radius 3 is 2.68 bits per heavy atom. The summed E-state index contributed by atoms with van der Waals surface area (Å²) in [5, 5.41) is 9.43. The van der Waals surface area contributed by atoms with E-state index in [1.165, 1.54) is 0 Å². The molecule has 122 valence electrons. The van der Waals surface area contributed by atoms with Crippen molar-refractivity contribution >= 4 is 15.9 Å². The van der Waals surface area contributed by atoms with Crippen molar-refractivity contribution < 1.29 is 9.47 Å². The SMILES string of the molecule is N#Cc1c(-c2ccc3c(c2)OCO3)cc(-c2cccc(Br)c2)[nH]c1=O. The number of fused-ring (bicyclic) bond motifs is 1. The Morgan fingerprint density at radius 1 is 1.04 bits per heavy atom. The van der Waals surface area contributed by atoms with Gasteiger partial charge in [0.25, 0.3) is 5.56 Å². The van der Waals surface area contributed by atoms with Gasteiger partial charge in [-0.2, -0.15) is 5.26 Å². The predicted molar refractivity (Wildman–Crippen MR) is 96.5 cm³/mol. The smallest absolute Gasteiger partial charge is 0.266 e. The van der Waals surface area contributed by atoms with Gasteiger partial charge >= 0.3 is 0 Å². The first kappa shape index (κ1) is 15.5. The molecule has 1 aromatic heterocycles. The minimum Gasteiger partial charge on any atom is -0.454 e. The normalized spacial score (nSPS) is 12.0. The third kappa shape index (κ3) is 2.79. The van der Waals surface area contributed by atoms with Gasteiger partial charge in [-0.15, -0.1) is 0 Å². The van der Waals surface area contributed by atoms with Crippen molar-refractivity contribution in [2.75, 3.05) is 6.79 Å². The molecule has 2 heterocycles. The first-order valence-corrected chi connectivity index (χ1v) is 8.28. The van der Waals surface area contributed by atoms with Gasteiger partial charge in [-0.05, 0) is 41.5 Å². The summed E-state index contributed by atoms with van der Waals surface area (Å²) >= 11 is 3.43. The second-order valence-corrected chi connectivity index (χ2v) is 6.41. The summed E-state index contributed by atoms with van der Waals surface area (Å²) in [5.41, 5.74) is 2.41. The van der Waals surface area contributed by atoms with E-state index in [2.05, 4.69) is 20.9 Å². The fraction of sp³-hybridized carbons (Fsp3) is 0.0526. The minimum atomic E-state index is -0.423. The minimum absolute atomic E-state index is 0.0672. The molecule has 0 aliphatic carbocycles. The molecule has 1 aliphatic heterocycles. The van der Waals surface area contributed by atoms with E-state index in [-0.39, 0.29) is 12.4 Å². The van der Waals surface area contributed by atoms with Gasteiger partial charge in [-0.3, -0.25) is 4.79 Å². The lowest BCUT2D eigenvalue weighted by atomic mass is 9.99. The van der Waals surface area contributed by atoms with Crippen LogP contribution in [0.25, 0.3) is 22.4 Å². The molecule has 1 aliphatic rings. The summed E-state index contributed by atoms with van der Waals surface area (Å²) in [6.45, 7) is 0.169. The number of aromatic amines is 1. The van der Waals surface area contributed by atoms with Crippen LogP contribution in [0.4, 0.5) is 0 Å². The molecule has 0 saturated heterocycles. The molecule has 25 heavy (non-hydrogen) atoms. The standard InChI is InChI=1S/C19H11BrN2O3/c20-13-3-1-2-12(6-13)16-8-14(15(9-21)19(23)22-16)11-4-5-17-18(7-11)25-10-24-17/h1-8H,10H2,(H,22,23). The number of nitrogens with one attached hydrogen (secondary N) is 1. The molecule has 3 aromatic rings. The summed E-state index contributed by atoms with van der Waals surface area (Å²) in [4.78, 5) is 15.2. The van der Waals surface area contributed by atoms with E-state index in [1.54, 1.807) is 18.2 Å². The molecule has 0 unspecified atom stereocenters. The molecule has 0 bridgehead atoms. The number of pyridine rings is 1. The number of nitriles is 1. The lowest BCUT2D eigenvalue weighted by Gasteiger charge is -2.09. The fourth-order valence-corrected chi connectivity index (χ4v) is 3.17. The lowest BCUT2D eigenvalue weighted by Crippen LogP contribution is -2.12. The average molecular weight is 395 g/mol. The van der Waals surface area contributed by atoms with Crippen LogP contribution >= 0.6 is 15.9 Å². The number of H-pyrrole nitrogens is 1. The number of benzene rings is 2. The Bertz CT molecular complexity index is 1080. The Labute approximate surface area is 151 Å². The maximum absolute atomic E-state index is 12.4.